The normalized spacial score (nSPS) is 17.0. The van der Waals surface area contributed by atoms with Crippen molar-refractivity contribution in [1.29, 1.82) is 0 Å². The first-order chi connectivity index (χ1) is 11.6. The minimum Gasteiger partial charge on any atom is -0.388 e. The van der Waals surface area contributed by atoms with Crippen molar-refractivity contribution in [2.45, 2.75) is 31.8 Å². The highest BCUT2D eigenvalue weighted by Crippen LogP contribution is 2.31. The number of halogens is 1. The largest absolute Gasteiger partial charge is 0.388 e. The number of carbonyl (C=O) groups is 1. The molecule has 128 valence electrons. The van der Waals surface area contributed by atoms with Crippen molar-refractivity contribution in [2.75, 3.05) is 13.1 Å². The number of amides is 1. The van der Waals surface area contributed by atoms with Gasteiger partial charge in [-0.25, -0.2) is 0 Å². The predicted octanol–water partition coefficient (Wildman–Crippen LogP) is 4.31. The summed E-state index contributed by atoms with van der Waals surface area (Å²) >= 11 is 7.60. The SMILES string of the molecule is O=C(CCc1cccs1)N1CCC(C(O)c2ccc(Cl)cc2)CC1. The molecular weight excluding hydrogens is 342 g/mol. The molecule has 1 unspecified atom stereocenters. The van der Waals surface area contributed by atoms with Crippen LogP contribution in [-0.2, 0) is 11.2 Å². The molecule has 2 aromatic rings. The number of benzene rings is 1. The molecule has 0 spiro atoms. The first-order valence-corrected chi connectivity index (χ1v) is 9.63. The molecule has 3 rings (SSSR count). The number of aliphatic hydroxyl groups excluding tert-OH is 1. The molecule has 1 aromatic heterocycles. The fourth-order valence-electron chi connectivity index (χ4n) is 3.24. The van der Waals surface area contributed by atoms with Gasteiger partial charge in [-0.2, -0.15) is 0 Å². The van der Waals surface area contributed by atoms with Crippen LogP contribution in [0, 0.1) is 5.92 Å². The number of hydrogen-bond donors (Lipinski definition) is 1. The maximum Gasteiger partial charge on any atom is 0.222 e. The zero-order valence-electron chi connectivity index (χ0n) is 13.5. The molecule has 0 bridgehead atoms. The van der Waals surface area contributed by atoms with E-state index in [2.05, 4.69) is 6.07 Å². The highest BCUT2D eigenvalue weighted by Gasteiger charge is 2.28. The van der Waals surface area contributed by atoms with Crippen LogP contribution in [-0.4, -0.2) is 29.0 Å². The van der Waals surface area contributed by atoms with Crippen molar-refractivity contribution in [1.82, 2.24) is 4.90 Å². The summed E-state index contributed by atoms with van der Waals surface area (Å²) in [4.78, 5) is 15.5. The summed E-state index contributed by atoms with van der Waals surface area (Å²) in [6.45, 7) is 1.47. The number of aryl methyl sites for hydroxylation is 1. The van der Waals surface area contributed by atoms with E-state index in [0.717, 1.165) is 37.9 Å². The lowest BCUT2D eigenvalue weighted by molar-refractivity contribution is -0.133. The molecule has 3 nitrogen and oxygen atoms in total. The average Bonchev–Trinajstić information content (AvgIpc) is 3.13. The van der Waals surface area contributed by atoms with Crippen molar-refractivity contribution < 1.29 is 9.90 Å². The Morgan fingerprint density at radius 2 is 1.96 bits per heavy atom. The van der Waals surface area contributed by atoms with Gasteiger partial charge in [0, 0.05) is 29.4 Å². The van der Waals surface area contributed by atoms with Crippen molar-refractivity contribution in [2.24, 2.45) is 5.92 Å². The predicted molar refractivity (Wildman–Crippen MR) is 98.4 cm³/mol. The molecule has 1 aliphatic rings. The molecule has 1 N–H and O–H groups in total. The number of hydrogen-bond acceptors (Lipinski definition) is 3. The van der Waals surface area contributed by atoms with Crippen molar-refractivity contribution in [3.05, 3.63) is 57.2 Å². The van der Waals surface area contributed by atoms with Gasteiger partial charge in [-0.05, 0) is 54.3 Å². The van der Waals surface area contributed by atoms with Crippen LogP contribution in [0.2, 0.25) is 5.02 Å². The fraction of sp³-hybridized carbons (Fsp3) is 0.421. The van der Waals surface area contributed by atoms with E-state index in [-0.39, 0.29) is 11.8 Å². The van der Waals surface area contributed by atoms with Crippen molar-refractivity contribution in [3.63, 3.8) is 0 Å². The lowest BCUT2D eigenvalue weighted by Crippen LogP contribution is -2.39. The maximum absolute atomic E-state index is 12.3. The molecule has 1 saturated heterocycles. The van der Waals surface area contributed by atoms with Crippen molar-refractivity contribution in [3.8, 4) is 0 Å². The van der Waals surface area contributed by atoms with Gasteiger partial charge in [0.25, 0.3) is 0 Å². The number of carbonyl (C=O) groups excluding carboxylic acids is 1. The monoisotopic (exact) mass is 363 g/mol. The molecule has 1 fully saturated rings. The highest BCUT2D eigenvalue weighted by atomic mass is 35.5. The summed E-state index contributed by atoms with van der Waals surface area (Å²) in [5, 5.41) is 13.3. The first kappa shape index (κ1) is 17.5. The fourth-order valence-corrected chi connectivity index (χ4v) is 4.07. The topological polar surface area (TPSA) is 40.5 Å². The lowest BCUT2D eigenvalue weighted by Gasteiger charge is -2.34. The number of rotatable bonds is 5. The molecule has 0 aliphatic carbocycles. The van der Waals surface area contributed by atoms with E-state index >= 15 is 0 Å². The summed E-state index contributed by atoms with van der Waals surface area (Å²) in [7, 11) is 0. The number of nitrogens with zero attached hydrogens (tertiary/aromatic N) is 1. The Balaban J connectivity index is 1.48. The van der Waals surface area contributed by atoms with Gasteiger partial charge in [-0.3, -0.25) is 4.79 Å². The van der Waals surface area contributed by atoms with Gasteiger partial charge >= 0.3 is 0 Å². The number of piperidine rings is 1. The third-order valence-corrected chi connectivity index (χ3v) is 5.90. The molecule has 1 amide bonds. The van der Waals surface area contributed by atoms with E-state index in [4.69, 9.17) is 11.6 Å². The smallest absolute Gasteiger partial charge is 0.222 e. The first-order valence-electron chi connectivity index (χ1n) is 8.37. The Hall–Kier alpha value is -1.36. The molecule has 0 radical (unpaired) electrons. The number of thiophene rings is 1. The Morgan fingerprint density at radius 3 is 2.58 bits per heavy atom. The Morgan fingerprint density at radius 1 is 1.25 bits per heavy atom. The Labute approximate surface area is 151 Å². The third-order valence-electron chi connectivity index (χ3n) is 4.72. The van der Waals surface area contributed by atoms with Crippen LogP contribution in [0.4, 0.5) is 0 Å². The standard InChI is InChI=1S/C19H22ClNO2S/c20-16-5-3-14(4-6-16)19(23)15-9-11-21(12-10-15)18(22)8-7-17-2-1-13-24-17/h1-6,13,15,19,23H,7-12H2. The highest BCUT2D eigenvalue weighted by molar-refractivity contribution is 7.09. The molecule has 5 heteroatoms. The van der Waals surface area contributed by atoms with Gasteiger partial charge in [0.1, 0.15) is 0 Å². The minimum absolute atomic E-state index is 0.201. The zero-order valence-corrected chi connectivity index (χ0v) is 15.1. The van der Waals surface area contributed by atoms with Crippen molar-refractivity contribution >= 4 is 28.8 Å². The number of aliphatic hydroxyl groups is 1. The van der Waals surface area contributed by atoms with Crippen LogP contribution >= 0.6 is 22.9 Å². The van der Waals surface area contributed by atoms with E-state index in [0.29, 0.717) is 11.4 Å². The quantitative estimate of drug-likeness (QED) is 0.860. The van der Waals surface area contributed by atoms with Crippen LogP contribution < -0.4 is 0 Å². The van der Waals surface area contributed by atoms with E-state index in [1.54, 1.807) is 11.3 Å². The van der Waals surface area contributed by atoms with Crippen LogP contribution in [0.3, 0.4) is 0 Å². The van der Waals surface area contributed by atoms with Gasteiger partial charge in [0.2, 0.25) is 5.91 Å². The average molecular weight is 364 g/mol. The van der Waals surface area contributed by atoms with Gasteiger partial charge in [-0.15, -0.1) is 11.3 Å². The van der Waals surface area contributed by atoms with E-state index < -0.39 is 6.10 Å². The van der Waals surface area contributed by atoms with Gasteiger partial charge in [0.15, 0.2) is 0 Å². The zero-order chi connectivity index (χ0) is 16.9. The van der Waals surface area contributed by atoms with Crippen LogP contribution in [0.15, 0.2) is 41.8 Å². The maximum atomic E-state index is 12.3. The minimum atomic E-state index is -0.481. The second kappa shape index (κ2) is 8.15. The van der Waals surface area contributed by atoms with E-state index in [1.807, 2.05) is 40.6 Å². The summed E-state index contributed by atoms with van der Waals surface area (Å²) in [6, 6.07) is 11.5. The molecule has 24 heavy (non-hydrogen) atoms. The van der Waals surface area contributed by atoms with E-state index in [1.165, 1.54) is 4.88 Å². The molecule has 1 atom stereocenters. The summed E-state index contributed by atoms with van der Waals surface area (Å²) in [6.07, 6.45) is 2.60. The molecule has 0 saturated carbocycles. The second-order valence-electron chi connectivity index (χ2n) is 6.29. The van der Waals surface area contributed by atoms with E-state index in [9.17, 15) is 9.90 Å². The lowest BCUT2D eigenvalue weighted by atomic mass is 9.87. The summed E-state index contributed by atoms with van der Waals surface area (Å²) < 4.78 is 0. The van der Waals surface area contributed by atoms with Gasteiger partial charge in [0.05, 0.1) is 6.10 Å². The van der Waals surface area contributed by atoms with Crippen LogP contribution in [0.1, 0.15) is 35.8 Å². The molecule has 1 aromatic carbocycles. The van der Waals surface area contributed by atoms with Crippen LogP contribution in [0.25, 0.3) is 0 Å². The summed E-state index contributed by atoms with van der Waals surface area (Å²) in [5.74, 6) is 0.426. The second-order valence-corrected chi connectivity index (χ2v) is 7.76. The van der Waals surface area contributed by atoms with Gasteiger partial charge < -0.3 is 10.0 Å². The molecule has 1 aliphatic heterocycles. The van der Waals surface area contributed by atoms with Gasteiger partial charge in [-0.1, -0.05) is 29.8 Å². The third kappa shape index (κ3) is 4.38. The Kier molecular flexibility index (Phi) is 5.93. The molecule has 2 heterocycles. The Bertz CT molecular complexity index is 649. The molecular formula is C19H22ClNO2S. The number of likely N-dealkylation sites (tertiary alicyclic amines) is 1. The van der Waals surface area contributed by atoms with Crippen LogP contribution in [0.5, 0.6) is 0 Å². The summed E-state index contributed by atoms with van der Waals surface area (Å²) in [5.41, 5.74) is 0.905.